The number of nitrogens with one attached hydrogen (secondary N) is 1. The third-order valence-corrected chi connectivity index (χ3v) is 5.65. The topological polar surface area (TPSA) is 118 Å². The van der Waals surface area contributed by atoms with Crippen LogP contribution in [0.2, 0.25) is 0 Å². The molecule has 9 heteroatoms. The lowest BCUT2D eigenvalue weighted by molar-refractivity contribution is -0.122. The van der Waals surface area contributed by atoms with Gasteiger partial charge in [-0.05, 0) is 74.9 Å². The first-order valence-electron chi connectivity index (χ1n) is 10.9. The highest BCUT2D eigenvalue weighted by Crippen LogP contribution is 2.28. The van der Waals surface area contributed by atoms with Gasteiger partial charge in [-0.1, -0.05) is 12.1 Å². The Morgan fingerprint density at radius 2 is 1.74 bits per heavy atom. The molecule has 0 saturated carbocycles. The van der Waals surface area contributed by atoms with Gasteiger partial charge < -0.3 is 14.4 Å². The second-order valence-corrected chi connectivity index (χ2v) is 7.87. The van der Waals surface area contributed by atoms with Crippen LogP contribution in [-0.2, 0) is 9.59 Å². The Morgan fingerprint density at radius 3 is 2.40 bits per heavy atom. The summed E-state index contributed by atoms with van der Waals surface area (Å²) in [4.78, 5) is 50.9. The number of aromatic carboxylic acids is 1. The maximum absolute atomic E-state index is 13.2. The molecule has 0 atom stereocenters. The van der Waals surface area contributed by atoms with Crippen LogP contribution in [0.4, 0.5) is 10.5 Å². The molecule has 1 aromatic heterocycles. The minimum Gasteiger partial charge on any atom is -0.494 e. The summed E-state index contributed by atoms with van der Waals surface area (Å²) in [5.41, 5.74) is 2.54. The summed E-state index contributed by atoms with van der Waals surface area (Å²) >= 11 is 0. The average molecular weight is 473 g/mol. The largest absolute Gasteiger partial charge is 0.494 e. The van der Waals surface area contributed by atoms with Gasteiger partial charge in [-0.25, -0.2) is 14.5 Å². The van der Waals surface area contributed by atoms with Crippen LogP contribution in [0, 0.1) is 13.8 Å². The van der Waals surface area contributed by atoms with E-state index in [0.29, 0.717) is 35.0 Å². The second kappa shape index (κ2) is 9.30. The molecule has 9 nitrogen and oxygen atoms in total. The Balaban J connectivity index is 1.75. The quantitative estimate of drug-likeness (QED) is 0.415. The summed E-state index contributed by atoms with van der Waals surface area (Å²) in [6.07, 6.45) is 1.41. The van der Waals surface area contributed by atoms with Gasteiger partial charge >= 0.3 is 12.0 Å². The van der Waals surface area contributed by atoms with E-state index >= 15 is 0 Å². The zero-order valence-electron chi connectivity index (χ0n) is 19.4. The molecule has 0 spiro atoms. The second-order valence-electron chi connectivity index (χ2n) is 7.87. The van der Waals surface area contributed by atoms with Crippen LogP contribution < -0.4 is 15.0 Å². The molecule has 1 fully saturated rings. The van der Waals surface area contributed by atoms with Gasteiger partial charge in [-0.15, -0.1) is 0 Å². The Kier molecular flexibility index (Phi) is 6.24. The predicted octanol–water partition coefficient (Wildman–Crippen LogP) is 3.86. The number of hydrogen-bond donors (Lipinski definition) is 2. The van der Waals surface area contributed by atoms with Crippen LogP contribution in [0.3, 0.4) is 0 Å². The third kappa shape index (κ3) is 4.31. The van der Waals surface area contributed by atoms with Crippen molar-refractivity contribution in [3.8, 4) is 11.4 Å². The van der Waals surface area contributed by atoms with Crippen molar-refractivity contribution >= 4 is 35.6 Å². The van der Waals surface area contributed by atoms with E-state index in [1.165, 1.54) is 12.1 Å². The van der Waals surface area contributed by atoms with E-state index in [9.17, 15) is 24.3 Å². The highest BCUT2D eigenvalue weighted by atomic mass is 16.5. The number of ether oxygens (including phenoxy) is 1. The van der Waals surface area contributed by atoms with Gasteiger partial charge in [-0.3, -0.25) is 14.9 Å². The van der Waals surface area contributed by atoms with Crippen molar-refractivity contribution in [3.63, 3.8) is 0 Å². The number of nitrogens with zero attached hydrogens (tertiary/aromatic N) is 2. The number of carbonyl (C=O) groups is 4. The van der Waals surface area contributed by atoms with E-state index in [1.54, 1.807) is 66.9 Å². The molecule has 0 radical (unpaired) electrons. The van der Waals surface area contributed by atoms with E-state index in [1.807, 2.05) is 6.92 Å². The van der Waals surface area contributed by atoms with Crippen LogP contribution in [0.5, 0.6) is 5.75 Å². The van der Waals surface area contributed by atoms with Crippen LogP contribution in [-0.4, -0.2) is 40.1 Å². The van der Waals surface area contributed by atoms with Gasteiger partial charge in [-0.2, -0.15) is 0 Å². The van der Waals surface area contributed by atoms with E-state index < -0.39 is 23.8 Å². The number of aryl methyl sites for hydroxylation is 1. The zero-order valence-corrected chi connectivity index (χ0v) is 19.4. The lowest BCUT2D eigenvalue weighted by atomic mass is 10.1. The first kappa shape index (κ1) is 23.5. The molecule has 2 N–H and O–H groups in total. The number of anilines is 1. The van der Waals surface area contributed by atoms with Crippen molar-refractivity contribution in [2.75, 3.05) is 11.5 Å². The molecule has 1 aliphatic heterocycles. The maximum Gasteiger partial charge on any atom is 0.337 e. The number of carboxylic acids is 1. The Morgan fingerprint density at radius 1 is 1.06 bits per heavy atom. The minimum atomic E-state index is -1.07. The van der Waals surface area contributed by atoms with E-state index in [2.05, 4.69) is 5.32 Å². The van der Waals surface area contributed by atoms with E-state index in [4.69, 9.17) is 4.74 Å². The molecule has 4 amide bonds. The summed E-state index contributed by atoms with van der Waals surface area (Å²) < 4.78 is 7.14. The van der Waals surface area contributed by atoms with Crippen molar-refractivity contribution < 1.29 is 29.0 Å². The fraction of sp³-hybridized carbons (Fsp3) is 0.154. The normalized spacial score (nSPS) is 14.9. The van der Waals surface area contributed by atoms with Crippen LogP contribution in [0.1, 0.15) is 34.2 Å². The summed E-state index contributed by atoms with van der Waals surface area (Å²) in [6.45, 7) is 5.87. The van der Waals surface area contributed by atoms with Crippen molar-refractivity contribution in [1.82, 2.24) is 9.88 Å². The maximum atomic E-state index is 13.2. The number of barbiturate groups is 1. The summed E-state index contributed by atoms with van der Waals surface area (Å²) in [5, 5.41) is 11.8. The first-order chi connectivity index (χ1) is 16.7. The lowest BCUT2D eigenvalue weighted by Gasteiger charge is -2.26. The number of amides is 4. The average Bonchev–Trinajstić information content (AvgIpc) is 3.10. The Bertz CT molecular complexity index is 1380. The number of rotatable bonds is 6. The van der Waals surface area contributed by atoms with Gasteiger partial charge in [0.05, 0.1) is 23.5 Å². The van der Waals surface area contributed by atoms with Gasteiger partial charge in [0, 0.05) is 11.4 Å². The third-order valence-electron chi connectivity index (χ3n) is 5.65. The fourth-order valence-corrected chi connectivity index (χ4v) is 4.06. The molecule has 0 unspecified atom stereocenters. The predicted molar refractivity (Wildman–Crippen MR) is 129 cm³/mol. The molecule has 3 aromatic rings. The fourth-order valence-electron chi connectivity index (χ4n) is 4.06. The number of carboxylic acid groups (broad SMARTS) is 1. The molecule has 2 aromatic carbocycles. The molecule has 0 bridgehead atoms. The smallest absolute Gasteiger partial charge is 0.337 e. The molecule has 1 aliphatic rings. The number of imide groups is 2. The number of hydrogen-bond acceptors (Lipinski definition) is 5. The number of para-hydroxylation sites is 1. The Hall–Kier alpha value is -4.66. The molecule has 1 saturated heterocycles. The zero-order chi connectivity index (χ0) is 25.3. The molecular formula is C26H23N3O6. The van der Waals surface area contributed by atoms with Gasteiger partial charge in [0.15, 0.2) is 0 Å². The van der Waals surface area contributed by atoms with Crippen molar-refractivity contribution in [1.29, 1.82) is 0 Å². The van der Waals surface area contributed by atoms with Crippen molar-refractivity contribution in [3.05, 3.63) is 82.7 Å². The molecule has 35 heavy (non-hydrogen) atoms. The first-order valence-corrected chi connectivity index (χ1v) is 10.9. The van der Waals surface area contributed by atoms with E-state index in [-0.39, 0.29) is 16.8 Å². The van der Waals surface area contributed by atoms with Crippen LogP contribution in [0.15, 0.2) is 60.2 Å². The van der Waals surface area contributed by atoms with Crippen LogP contribution >= 0.6 is 0 Å². The molecule has 2 heterocycles. The highest BCUT2D eigenvalue weighted by molar-refractivity contribution is 6.39. The van der Waals surface area contributed by atoms with E-state index in [0.717, 1.165) is 4.90 Å². The molecule has 4 rings (SSSR count). The summed E-state index contributed by atoms with van der Waals surface area (Å²) in [7, 11) is 0. The van der Waals surface area contributed by atoms with Crippen LogP contribution in [0.25, 0.3) is 11.8 Å². The number of carbonyl (C=O) groups excluding carboxylic acids is 3. The number of benzene rings is 2. The molecule has 0 aliphatic carbocycles. The minimum absolute atomic E-state index is 0.118. The van der Waals surface area contributed by atoms with Gasteiger partial charge in [0.1, 0.15) is 11.3 Å². The molecule has 178 valence electrons. The lowest BCUT2D eigenvalue weighted by Crippen LogP contribution is -2.54. The van der Waals surface area contributed by atoms with Crippen molar-refractivity contribution in [2.24, 2.45) is 0 Å². The standard InChI is InChI=1S/C26H23N3O6/c1-4-35-19-11-9-18(10-12-19)29-24(31)21(23(30)27-26(29)34)14-17-13-15(2)28(16(17)3)22-8-6-5-7-20(22)25(32)33/h5-14H,4H2,1-3H3,(H,32,33)(H,27,30,34)/b21-14+. The highest BCUT2D eigenvalue weighted by Gasteiger charge is 2.37. The molecular weight excluding hydrogens is 450 g/mol. The van der Waals surface area contributed by atoms with Gasteiger partial charge in [0.25, 0.3) is 11.8 Å². The number of aromatic nitrogens is 1. The van der Waals surface area contributed by atoms with Crippen molar-refractivity contribution in [2.45, 2.75) is 20.8 Å². The summed E-state index contributed by atoms with van der Waals surface area (Å²) in [6, 6.07) is 13.9. The Labute approximate surface area is 201 Å². The SMILES string of the molecule is CCOc1ccc(N2C(=O)NC(=O)/C(=C\c3cc(C)n(-c4ccccc4C(=O)O)c3C)C2=O)cc1. The monoisotopic (exact) mass is 473 g/mol. The summed E-state index contributed by atoms with van der Waals surface area (Å²) in [5.74, 6) is -2.06. The number of urea groups is 1. The van der Waals surface area contributed by atoms with Gasteiger partial charge in [0.2, 0.25) is 0 Å².